The van der Waals surface area contributed by atoms with Gasteiger partial charge in [-0.25, -0.2) is 9.31 Å². The molecule has 10 nitrogen and oxygen atoms in total. The molecule has 0 aliphatic carbocycles. The molecule has 0 saturated carbocycles. The summed E-state index contributed by atoms with van der Waals surface area (Å²) in [5, 5.41) is 10.2. The minimum atomic E-state index is -4.61. The summed E-state index contributed by atoms with van der Waals surface area (Å²) >= 11 is 1.41. The van der Waals surface area contributed by atoms with Crippen LogP contribution in [-0.4, -0.2) is 65.6 Å². The van der Waals surface area contributed by atoms with E-state index in [1.54, 1.807) is 6.92 Å². The number of aryl methyl sites for hydroxylation is 1. The van der Waals surface area contributed by atoms with Crippen molar-refractivity contribution in [2.24, 2.45) is 7.05 Å². The zero-order valence-corrected chi connectivity index (χ0v) is 17.8. The topological polar surface area (TPSA) is 107 Å². The molecule has 4 heterocycles. The molecule has 1 N–H and O–H groups in total. The maximum atomic E-state index is 13.3. The first-order valence-electron chi connectivity index (χ1n) is 9.47. The van der Waals surface area contributed by atoms with Crippen molar-refractivity contribution < 1.29 is 27.5 Å². The number of ether oxygens (including phenoxy) is 1. The molecule has 14 heteroatoms. The lowest BCUT2D eigenvalue weighted by molar-refractivity contribution is -0.141. The highest BCUT2D eigenvalue weighted by atomic mass is 32.2. The van der Waals surface area contributed by atoms with E-state index in [0.717, 1.165) is 4.68 Å². The van der Waals surface area contributed by atoms with E-state index < -0.39 is 29.9 Å². The molecule has 1 aliphatic rings. The summed E-state index contributed by atoms with van der Waals surface area (Å²) in [7, 11) is 1.40. The van der Waals surface area contributed by atoms with E-state index >= 15 is 0 Å². The fraction of sp³-hybridized carbons (Fsp3) is 0.389. The van der Waals surface area contributed by atoms with Crippen LogP contribution in [0.15, 0.2) is 24.5 Å². The van der Waals surface area contributed by atoms with Crippen molar-refractivity contribution in [3.63, 3.8) is 0 Å². The molecule has 32 heavy (non-hydrogen) atoms. The second kappa shape index (κ2) is 8.33. The van der Waals surface area contributed by atoms with Gasteiger partial charge in [0.1, 0.15) is 6.04 Å². The molecule has 0 spiro atoms. The molecule has 4 rings (SSSR count). The Morgan fingerprint density at radius 1 is 1.28 bits per heavy atom. The third-order valence-corrected chi connectivity index (χ3v) is 5.67. The molecule has 0 bridgehead atoms. The van der Waals surface area contributed by atoms with Crippen molar-refractivity contribution in [2.45, 2.75) is 19.1 Å². The third kappa shape index (κ3) is 4.22. The minimum Gasteiger partial charge on any atom is -0.450 e. The van der Waals surface area contributed by atoms with Gasteiger partial charge in [0.25, 0.3) is 5.91 Å². The van der Waals surface area contributed by atoms with Gasteiger partial charge >= 0.3 is 12.3 Å². The smallest absolute Gasteiger partial charge is 0.435 e. The maximum Gasteiger partial charge on any atom is 0.435 e. The Kier molecular flexibility index (Phi) is 5.71. The highest BCUT2D eigenvalue weighted by molar-refractivity contribution is 7.99. The number of alkyl halides is 3. The number of fused-ring (bicyclic) bond motifs is 1. The molecule has 0 radical (unpaired) electrons. The summed E-state index contributed by atoms with van der Waals surface area (Å²) in [6.45, 7) is 1.87. The van der Waals surface area contributed by atoms with Crippen LogP contribution in [0.3, 0.4) is 0 Å². The number of thioether (sulfide) groups is 1. The van der Waals surface area contributed by atoms with Gasteiger partial charge in [-0.15, -0.1) is 16.9 Å². The van der Waals surface area contributed by atoms with Crippen molar-refractivity contribution in [3.8, 4) is 11.1 Å². The molecular formula is C18H18F3N7O3S. The van der Waals surface area contributed by atoms with Crippen LogP contribution in [-0.2, 0) is 22.8 Å². The van der Waals surface area contributed by atoms with Gasteiger partial charge in [-0.05, 0) is 19.1 Å². The summed E-state index contributed by atoms with van der Waals surface area (Å²) in [5.74, 6) is 0.204. The lowest BCUT2D eigenvalue weighted by Crippen LogP contribution is -2.44. The van der Waals surface area contributed by atoms with E-state index in [9.17, 15) is 22.8 Å². The van der Waals surface area contributed by atoms with Gasteiger partial charge in [0, 0.05) is 36.3 Å². The van der Waals surface area contributed by atoms with Crippen molar-refractivity contribution in [1.82, 2.24) is 29.3 Å². The number of amides is 2. The molecule has 1 fully saturated rings. The fourth-order valence-electron chi connectivity index (χ4n) is 3.24. The first kappa shape index (κ1) is 21.9. The average molecular weight is 469 g/mol. The van der Waals surface area contributed by atoms with E-state index in [4.69, 9.17) is 4.74 Å². The number of hydrogen-bond acceptors (Lipinski definition) is 7. The third-order valence-electron chi connectivity index (χ3n) is 4.66. The fourth-order valence-corrected chi connectivity index (χ4v) is 4.39. The molecule has 3 aromatic rings. The standard InChI is InChI=1S/C18H18F3N7O3S/c1-3-31-17(30)27-9-32-8-12(27)15(29)23-16-22-13-5-4-10(6-28(13)25-16)11-7-26(2)24-14(11)18(19,20)21/h4-7,12H,3,8-9H2,1-2H3,(H,23,25,29)/t12-/m1/s1. The maximum absolute atomic E-state index is 13.3. The molecular weight excluding hydrogens is 451 g/mol. The molecule has 0 aromatic carbocycles. The van der Waals surface area contributed by atoms with Gasteiger partial charge in [0.05, 0.1) is 12.5 Å². The zero-order chi connectivity index (χ0) is 23.0. The van der Waals surface area contributed by atoms with Gasteiger partial charge in [0.15, 0.2) is 11.3 Å². The Balaban J connectivity index is 1.57. The van der Waals surface area contributed by atoms with Crippen LogP contribution < -0.4 is 5.32 Å². The average Bonchev–Trinajstić information content (AvgIpc) is 3.44. The molecule has 1 saturated heterocycles. The Bertz CT molecular complexity index is 1180. The predicted molar refractivity (Wildman–Crippen MR) is 109 cm³/mol. The summed E-state index contributed by atoms with van der Waals surface area (Å²) in [6, 6.07) is 2.21. The van der Waals surface area contributed by atoms with Crippen molar-refractivity contribution in [1.29, 1.82) is 0 Å². The molecule has 0 unspecified atom stereocenters. The summed E-state index contributed by atoms with van der Waals surface area (Å²) in [4.78, 5) is 30.2. The Morgan fingerprint density at radius 2 is 2.06 bits per heavy atom. The quantitative estimate of drug-likeness (QED) is 0.626. The number of halogens is 3. The van der Waals surface area contributed by atoms with Crippen LogP contribution in [0.2, 0.25) is 0 Å². The van der Waals surface area contributed by atoms with Crippen LogP contribution in [0.4, 0.5) is 23.9 Å². The highest BCUT2D eigenvalue weighted by Crippen LogP contribution is 2.36. The number of carbonyl (C=O) groups is 2. The lowest BCUT2D eigenvalue weighted by atomic mass is 10.1. The number of nitrogens with one attached hydrogen (secondary N) is 1. The van der Waals surface area contributed by atoms with Crippen molar-refractivity contribution in [3.05, 3.63) is 30.2 Å². The zero-order valence-electron chi connectivity index (χ0n) is 17.0. The number of aromatic nitrogens is 5. The number of pyridine rings is 1. The molecule has 1 atom stereocenters. The first-order chi connectivity index (χ1) is 15.2. The summed E-state index contributed by atoms with van der Waals surface area (Å²) < 4.78 is 47.2. The van der Waals surface area contributed by atoms with Crippen LogP contribution in [0, 0.1) is 0 Å². The van der Waals surface area contributed by atoms with E-state index in [-0.39, 0.29) is 23.7 Å². The van der Waals surface area contributed by atoms with Gasteiger partial charge in [-0.1, -0.05) is 0 Å². The van der Waals surface area contributed by atoms with Crippen LogP contribution in [0.1, 0.15) is 12.6 Å². The van der Waals surface area contributed by atoms with Crippen molar-refractivity contribution >= 4 is 35.4 Å². The highest BCUT2D eigenvalue weighted by Gasteiger charge is 2.38. The number of rotatable bonds is 4. The van der Waals surface area contributed by atoms with E-state index in [0.29, 0.717) is 17.3 Å². The van der Waals surface area contributed by atoms with E-state index in [1.807, 2.05) is 0 Å². The lowest BCUT2D eigenvalue weighted by Gasteiger charge is -2.21. The molecule has 3 aromatic heterocycles. The van der Waals surface area contributed by atoms with Crippen LogP contribution in [0.5, 0.6) is 0 Å². The monoisotopic (exact) mass is 469 g/mol. The van der Waals surface area contributed by atoms with Crippen LogP contribution >= 0.6 is 11.8 Å². The van der Waals surface area contributed by atoms with Gasteiger partial charge in [-0.3, -0.25) is 19.7 Å². The Morgan fingerprint density at radius 3 is 2.78 bits per heavy atom. The number of nitrogens with zero attached hydrogens (tertiary/aromatic N) is 6. The number of anilines is 1. The summed E-state index contributed by atoms with van der Waals surface area (Å²) in [5.41, 5.74) is -0.548. The normalized spacial score (nSPS) is 16.5. The SMILES string of the molecule is CCOC(=O)N1CSC[C@@H]1C(=O)Nc1nc2ccc(-c3cn(C)nc3C(F)(F)F)cn2n1. The molecule has 1 aliphatic heterocycles. The molecule has 170 valence electrons. The Hall–Kier alpha value is -3.29. The first-order valence-corrected chi connectivity index (χ1v) is 10.6. The Labute approximate surface area is 183 Å². The molecule has 2 amide bonds. The van der Waals surface area contributed by atoms with Gasteiger partial charge in [-0.2, -0.15) is 23.3 Å². The van der Waals surface area contributed by atoms with Crippen molar-refractivity contribution in [2.75, 3.05) is 23.6 Å². The van der Waals surface area contributed by atoms with Gasteiger partial charge in [0.2, 0.25) is 5.95 Å². The number of carbonyl (C=O) groups excluding carboxylic acids is 2. The van der Waals surface area contributed by atoms with Crippen LogP contribution in [0.25, 0.3) is 16.8 Å². The minimum absolute atomic E-state index is 0.0323. The second-order valence-electron chi connectivity index (χ2n) is 6.89. The van der Waals surface area contributed by atoms with E-state index in [1.165, 1.54) is 52.8 Å². The second-order valence-corrected chi connectivity index (χ2v) is 7.89. The van der Waals surface area contributed by atoms with Gasteiger partial charge < -0.3 is 4.74 Å². The van der Waals surface area contributed by atoms with E-state index in [2.05, 4.69) is 20.5 Å². The largest absolute Gasteiger partial charge is 0.450 e. The number of hydrogen-bond donors (Lipinski definition) is 1. The summed E-state index contributed by atoms with van der Waals surface area (Å²) in [6.07, 6.45) is -2.55. The predicted octanol–water partition coefficient (Wildman–Crippen LogP) is 2.62.